The molecule has 6 heteroatoms. The maximum atomic E-state index is 12.3. The van der Waals surface area contributed by atoms with E-state index >= 15 is 0 Å². The van der Waals surface area contributed by atoms with Crippen LogP contribution >= 0.6 is 0 Å². The highest BCUT2D eigenvalue weighted by Gasteiger charge is 2.15. The summed E-state index contributed by atoms with van der Waals surface area (Å²) < 4.78 is 0. The van der Waals surface area contributed by atoms with E-state index in [1.54, 1.807) is 24.1 Å². The van der Waals surface area contributed by atoms with Crippen LogP contribution in [0.2, 0.25) is 0 Å². The van der Waals surface area contributed by atoms with Crippen molar-refractivity contribution in [2.75, 3.05) is 17.4 Å². The summed E-state index contributed by atoms with van der Waals surface area (Å²) in [6.45, 7) is 2.09. The van der Waals surface area contributed by atoms with Crippen molar-refractivity contribution in [3.8, 4) is 0 Å². The highest BCUT2D eigenvalue weighted by atomic mass is 16.2. The third-order valence-corrected chi connectivity index (χ3v) is 3.07. The molecule has 0 aliphatic rings. The first-order valence-electron chi connectivity index (χ1n) is 6.33. The minimum absolute atomic E-state index is 0.217. The van der Waals surface area contributed by atoms with Gasteiger partial charge in [-0.15, -0.1) is 10.2 Å². The third kappa shape index (κ3) is 2.92. The first kappa shape index (κ1) is 14.0. The number of aromatic nitrogens is 2. The van der Waals surface area contributed by atoms with E-state index < -0.39 is 0 Å². The third-order valence-electron chi connectivity index (χ3n) is 3.07. The molecule has 6 nitrogen and oxygen atoms in total. The minimum Gasteiger partial charge on any atom is -0.310 e. The molecule has 1 amide bonds. The molecule has 0 radical (unpaired) electrons. The smallest absolute Gasteiger partial charge is 0.278 e. The molecule has 0 saturated heterocycles. The van der Waals surface area contributed by atoms with E-state index in [4.69, 9.17) is 5.84 Å². The van der Waals surface area contributed by atoms with Crippen molar-refractivity contribution < 1.29 is 4.79 Å². The minimum atomic E-state index is -0.217. The summed E-state index contributed by atoms with van der Waals surface area (Å²) >= 11 is 0. The zero-order valence-corrected chi connectivity index (χ0v) is 11.5. The summed E-state index contributed by atoms with van der Waals surface area (Å²) in [5.41, 5.74) is 4.68. The Balaban J connectivity index is 2.17. The van der Waals surface area contributed by atoms with Crippen molar-refractivity contribution in [2.45, 2.75) is 13.3 Å². The molecular weight excluding hydrogens is 254 g/mol. The van der Waals surface area contributed by atoms with Crippen molar-refractivity contribution >= 4 is 17.4 Å². The molecular formula is C14H17N5O. The van der Waals surface area contributed by atoms with Crippen LogP contribution in [-0.2, 0) is 6.42 Å². The average molecular weight is 271 g/mol. The van der Waals surface area contributed by atoms with Crippen molar-refractivity contribution in [3.05, 3.63) is 47.7 Å². The molecule has 1 heterocycles. The molecule has 0 atom stereocenters. The van der Waals surface area contributed by atoms with Crippen LogP contribution in [-0.4, -0.2) is 23.2 Å². The molecule has 0 spiro atoms. The number of amides is 1. The summed E-state index contributed by atoms with van der Waals surface area (Å²) in [6, 6.07) is 11.0. The summed E-state index contributed by atoms with van der Waals surface area (Å²) in [4.78, 5) is 13.8. The number of nitrogen functional groups attached to an aromatic ring is 1. The largest absolute Gasteiger partial charge is 0.310 e. The molecule has 2 rings (SSSR count). The van der Waals surface area contributed by atoms with Crippen LogP contribution in [0.5, 0.6) is 0 Å². The number of hydrogen-bond donors (Lipinski definition) is 2. The number of nitrogens with zero attached hydrogens (tertiary/aromatic N) is 3. The van der Waals surface area contributed by atoms with Crippen LogP contribution in [0.25, 0.3) is 0 Å². The van der Waals surface area contributed by atoms with Gasteiger partial charge in [0.05, 0.1) is 0 Å². The highest BCUT2D eigenvalue weighted by Crippen LogP contribution is 2.16. The van der Waals surface area contributed by atoms with Gasteiger partial charge < -0.3 is 10.3 Å². The summed E-state index contributed by atoms with van der Waals surface area (Å²) in [6.07, 6.45) is 0.969. The van der Waals surface area contributed by atoms with Crippen molar-refractivity contribution in [3.63, 3.8) is 0 Å². The van der Waals surface area contributed by atoms with E-state index in [9.17, 15) is 4.79 Å². The highest BCUT2D eigenvalue weighted by molar-refractivity contribution is 6.04. The van der Waals surface area contributed by atoms with Crippen LogP contribution in [0.4, 0.5) is 11.5 Å². The number of aryl methyl sites for hydroxylation is 1. The maximum absolute atomic E-state index is 12.3. The standard InChI is InChI=1S/C14H17N5O/c1-3-10-4-6-11(7-5-10)19(2)14(20)12-8-9-13(16-15)18-17-12/h4-9H,3,15H2,1-2H3,(H,16,18). The van der Waals surface area contributed by atoms with Gasteiger partial charge >= 0.3 is 0 Å². The second-order valence-corrected chi connectivity index (χ2v) is 4.33. The molecule has 1 aromatic carbocycles. The van der Waals surface area contributed by atoms with Gasteiger partial charge in [-0.3, -0.25) is 4.79 Å². The summed E-state index contributed by atoms with van der Waals surface area (Å²) in [7, 11) is 1.71. The van der Waals surface area contributed by atoms with E-state index in [0.29, 0.717) is 5.82 Å². The Hall–Kier alpha value is -2.47. The number of carbonyl (C=O) groups is 1. The van der Waals surface area contributed by atoms with E-state index in [-0.39, 0.29) is 11.6 Å². The zero-order chi connectivity index (χ0) is 14.5. The van der Waals surface area contributed by atoms with Gasteiger partial charge in [-0.05, 0) is 36.2 Å². The van der Waals surface area contributed by atoms with Crippen molar-refractivity contribution in [2.24, 2.45) is 5.84 Å². The van der Waals surface area contributed by atoms with Gasteiger partial charge in [0.1, 0.15) is 0 Å². The summed E-state index contributed by atoms with van der Waals surface area (Å²) in [5, 5.41) is 7.63. The number of nitrogens with one attached hydrogen (secondary N) is 1. The number of carbonyl (C=O) groups excluding carboxylic acids is 1. The Morgan fingerprint density at radius 1 is 1.20 bits per heavy atom. The van der Waals surface area contributed by atoms with Gasteiger partial charge in [-0.25, -0.2) is 5.84 Å². The van der Waals surface area contributed by atoms with E-state index in [1.165, 1.54) is 5.56 Å². The predicted octanol–water partition coefficient (Wildman–Crippen LogP) is 1.60. The lowest BCUT2D eigenvalue weighted by Crippen LogP contribution is -2.27. The lowest BCUT2D eigenvalue weighted by molar-refractivity contribution is 0.0987. The average Bonchev–Trinajstić information content (AvgIpc) is 2.53. The Morgan fingerprint density at radius 2 is 1.90 bits per heavy atom. The Labute approximate surface area is 117 Å². The van der Waals surface area contributed by atoms with Gasteiger partial charge in [-0.2, -0.15) is 0 Å². The second-order valence-electron chi connectivity index (χ2n) is 4.33. The lowest BCUT2D eigenvalue weighted by atomic mass is 10.1. The van der Waals surface area contributed by atoms with Crippen LogP contribution in [0.1, 0.15) is 23.0 Å². The quantitative estimate of drug-likeness (QED) is 0.652. The molecule has 20 heavy (non-hydrogen) atoms. The van der Waals surface area contributed by atoms with E-state index in [1.807, 2.05) is 24.3 Å². The van der Waals surface area contributed by atoms with Crippen molar-refractivity contribution in [1.29, 1.82) is 0 Å². The molecule has 2 aromatic rings. The number of benzene rings is 1. The number of hydrazine groups is 1. The van der Waals surface area contributed by atoms with E-state index in [0.717, 1.165) is 12.1 Å². The van der Waals surface area contributed by atoms with E-state index in [2.05, 4.69) is 22.5 Å². The maximum Gasteiger partial charge on any atom is 0.278 e. The van der Waals surface area contributed by atoms with Gasteiger partial charge in [-0.1, -0.05) is 19.1 Å². The molecule has 0 aliphatic carbocycles. The fourth-order valence-electron chi connectivity index (χ4n) is 1.77. The van der Waals surface area contributed by atoms with Crippen LogP contribution < -0.4 is 16.2 Å². The molecule has 1 aromatic heterocycles. The molecule has 3 N–H and O–H groups in total. The van der Waals surface area contributed by atoms with Crippen LogP contribution in [0, 0.1) is 0 Å². The Morgan fingerprint density at radius 3 is 2.40 bits per heavy atom. The SMILES string of the molecule is CCc1ccc(N(C)C(=O)c2ccc(NN)nn2)cc1. The fraction of sp³-hybridized carbons (Fsp3) is 0.214. The first-order valence-corrected chi connectivity index (χ1v) is 6.33. The number of nitrogens with two attached hydrogens (primary N) is 1. The fourth-order valence-corrected chi connectivity index (χ4v) is 1.77. The van der Waals surface area contributed by atoms with Crippen LogP contribution in [0.15, 0.2) is 36.4 Å². The Kier molecular flexibility index (Phi) is 4.27. The van der Waals surface area contributed by atoms with Crippen LogP contribution in [0.3, 0.4) is 0 Å². The molecule has 0 fully saturated rings. The Bertz CT molecular complexity index is 580. The molecule has 0 bridgehead atoms. The zero-order valence-electron chi connectivity index (χ0n) is 11.5. The monoisotopic (exact) mass is 271 g/mol. The second kappa shape index (κ2) is 6.12. The van der Waals surface area contributed by atoms with Crippen molar-refractivity contribution in [1.82, 2.24) is 10.2 Å². The topological polar surface area (TPSA) is 84.1 Å². The first-order chi connectivity index (χ1) is 9.65. The number of anilines is 2. The molecule has 0 unspecified atom stereocenters. The molecule has 0 saturated carbocycles. The van der Waals surface area contributed by atoms with Gasteiger partial charge in [0.2, 0.25) is 0 Å². The van der Waals surface area contributed by atoms with Gasteiger partial charge in [0, 0.05) is 12.7 Å². The van der Waals surface area contributed by atoms with Gasteiger partial charge in [0.25, 0.3) is 5.91 Å². The lowest BCUT2D eigenvalue weighted by Gasteiger charge is -2.17. The summed E-state index contributed by atoms with van der Waals surface area (Å²) in [5.74, 6) is 5.40. The molecule has 104 valence electrons. The number of hydrogen-bond acceptors (Lipinski definition) is 5. The van der Waals surface area contributed by atoms with Gasteiger partial charge in [0.15, 0.2) is 11.5 Å². The predicted molar refractivity (Wildman–Crippen MR) is 78.4 cm³/mol. The number of rotatable bonds is 4. The normalized spacial score (nSPS) is 10.2. The molecule has 0 aliphatic heterocycles.